The normalized spacial score (nSPS) is 13.1. The lowest BCUT2D eigenvalue weighted by molar-refractivity contribution is 0.590. The van der Waals surface area contributed by atoms with Gasteiger partial charge in [-0.15, -0.1) is 0 Å². The molecule has 0 aliphatic carbocycles. The first-order valence-corrected chi connectivity index (χ1v) is 22.1. The van der Waals surface area contributed by atoms with Gasteiger partial charge in [0.25, 0.3) is 0 Å². The molecular formula is C55H56N8. The quantitative estimate of drug-likeness (QED) is 0.177. The van der Waals surface area contributed by atoms with Gasteiger partial charge in [0.15, 0.2) is 5.82 Å². The van der Waals surface area contributed by atoms with Crippen LogP contribution in [0.1, 0.15) is 105 Å². The van der Waals surface area contributed by atoms with Crippen molar-refractivity contribution in [1.29, 1.82) is 0 Å². The smallest absolute Gasteiger partial charge is 0.242 e. The first kappa shape index (κ1) is 40.4. The first-order chi connectivity index (χ1) is 29.8. The summed E-state index contributed by atoms with van der Waals surface area (Å²) in [5, 5.41) is 4.65. The third-order valence-electron chi connectivity index (χ3n) is 12.6. The summed E-state index contributed by atoms with van der Waals surface area (Å²) in [6.45, 7) is 27.3. The maximum atomic E-state index is 5.55. The van der Waals surface area contributed by atoms with Crippen LogP contribution < -0.4 is 0 Å². The fraction of sp³-hybridized carbons (Fsp3) is 0.291. The lowest BCUT2D eigenvalue weighted by Crippen LogP contribution is -2.14. The van der Waals surface area contributed by atoms with E-state index in [4.69, 9.17) is 24.9 Å². The van der Waals surface area contributed by atoms with Crippen molar-refractivity contribution >= 4 is 54.6 Å². The average Bonchev–Trinajstić information content (AvgIpc) is 3.89. The molecule has 0 N–H and O–H groups in total. The molecule has 0 fully saturated rings. The molecule has 0 aliphatic rings. The molecule has 8 nitrogen and oxygen atoms in total. The van der Waals surface area contributed by atoms with Crippen LogP contribution in [-0.4, -0.2) is 38.6 Å². The summed E-state index contributed by atoms with van der Waals surface area (Å²) in [5.74, 6) is 2.13. The van der Waals surface area contributed by atoms with Crippen LogP contribution in [0.5, 0.6) is 0 Å². The largest absolute Gasteiger partial charge is 0.278 e. The van der Waals surface area contributed by atoms with Crippen molar-refractivity contribution in [3.63, 3.8) is 0 Å². The molecule has 0 atom stereocenters. The summed E-state index contributed by atoms with van der Waals surface area (Å²) in [6.07, 6.45) is 1.80. The number of rotatable bonds is 4. The summed E-state index contributed by atoms with van der Waals surface area (Å²) in [5.41, 5.74) is 11.4. The van der Waals surface area contributed by atoms with E-state index >= 15 is 0 Å². The van der Waals surface area contributed by atoms with Crippen molar-refractivity contribution in [2.24, 2.45) is 0 Å². The van der Waals surface area contributed by atoms with E-state index in [1.807, 2.05) is 41.0 Å². The number of aromatic nitrogens is 8. The van der Waals surface area contributed by atoms with E-state index in [-0.39, 0.29) is 21.7 Å². The van der Waals surface area contributed by atoms with Crippen molar-refractivity contribution < 1.29 is 0 Å². The summed E-state index contributed by atoms with van der Waals surface area (Å²) in [6, 6.07) is 41.4. The predicted molar refractivity (Wildman–Crippen MR) is 261 cm³/mol. The van der Waals surface area contributed by atoms with Crippen LogP contribution in [0.25, 0.3) is 84.0 Å². The second-order valence-corrected chi connectivity index (χ2v) is 21.3. The molecule has 0 aliphatic heterocycles. The van der Waals surface area contributed by atoms with Gasteiger partial charge < -0.3 is 0 Å². The van der Waals surface area contributed by atoms with Gasteiger partial charge in [0.2, 0.25) is 17.8 Å². The fourth-order valence-corrected chi connectivity index (χ4v) is 8.88. The van der Waals surface area contributed by atoms with E-state index in [1.54, 1.807) is 6.20 Å². The maximum absolute atomic E-state index is 5.55. The second kappa shape index (κ2) is 13.9. The molecule has 0 amide bonds. The van der Waals surface area contributed by atoms with Crippen molar-refractivity contribution in [2.45, 2.75) is 105 Å². The Bertz CT molecular complexity index is 3120. The van der Waals surface area contributed by atoms with E-state index in [2.05, 4.69) is 171 Å². The Morgan fingerprint density at radius 1 is 0.349 bits per heavy atom. The zero-order valence-electron chi connectivity index (χ0n) is 38.6. The lowest BCUT2D eigenvalue weighted by Gasteiger charge is -2.19. The number of benzene rings is 5. The van der Waals surface area contributed by atoms with Crippen LogP contribution in [0.15, 0.2) is 121 Å². The van der Waals surface area contributed by atoms with Crippen LogP contribution in [-0.2, 0) is 21.7 Å². The highest BCUT2D eigenvalue weighted by atomic mass is 15.3. The van der Waals surface area contributed by atoms with Crippen LogP contribution in [0.3, 0.4) is 0 Å². The van der Waals surface area contributed by atoms with Gasteiger partial charge in [-0.25, -0.2) is 4.98 Å². The highest BCUT2D eigenvalue weighted by Gasteiger charge is 2.27. The molecule has 5 heterocycles. The highest BCUT2D eigenvalue weighted by molar-refractivity contribution is 6.11. The second-order valence-electron chi connectivity index (χ2n) is 21.3. The van der Waals surface area contributed by atoms with Gasteiger partial charge in [0, 0.05) is 27.7 Å². The molecule has 63 heavy (non-hydrogen) atoms. The minimum atomic E-state index is -0.0433. The molecule has 0 radical (unpaired) electrons. The van der Waals surface area contributed by atoms with Crippen molar-refractivity contribution in [3.05, 3.63) is 144 Å². The number of imidazole rings is 1. The Hall–Kier alpha value is -6.67. The first-order valence-electron chi connectivity index (χ1n) is 22.1. The third-order valence-corrected chi connectivity index (χ3v) is 12.6. The van der Waals surface area contributed by atoms with Gasteiger partial charge >= 0.3 is 0 Å². The van der Waals surface area contributed by atoms with Gasteiger partial charge in [-0.05, 0) is 117 Å². The fourth-order valence-electron chi connectivity index (χ4n) is 8.88. The molecule has 0 saturated carbocycles. The third kappa shape index (κ3) is 6.78. The standard InChI is InChI=1S/C55H56N8/c1-52(2,3)33-20-24-43-37(29-33)38-30-34(53(4,5)6)21-25-44(38)61(43)49-58-50(60-51(59-49)63-47-19-14-13-17-41(47)57-48(63)42-18-15-16-28-56-42)62-45-26-22-35(54(7,8)9)31-39(45)40-32-36(55(10,11)12)23-27-46(40)62/h13-32H,1-12H3. The number of pyridine rings is 1. The molecular weight excluding hydrogens is 773 g/mol. The zero-order chi connectivity index (χ0) is 44.4. The Kier molecular flexibility index (Phi) is 8.93. The van der Waals surface area contributed by atoms with Gasteiger partial charge in [-0.1, -0.05) is 126 Å². The van der Waals surface area contributed by atoms with Gasteiger partial charge in [0.05, 0.1) is 33.1 Å². The Labute approximate surface area is 369 Å². The van der Waals surface area contributed by atoms with Crippen LogP contribution >= 0.6 is 0 Å². The number of hydrogen-bond acceptors (Lipinski definition) is 5. The number of hydrogen-bond donors (Lipinski definition) is 0. The van der Waals surface area contributed by atoms with Crippen LogP contribution in [0, 0.1) is 0 Å². The highest BCUT2D eigenvalue weighted by Crippen LogP contribution is 2.40. The summed E-state index contributed by atoms with van der Waals surface area (Å²) in [4.78, 5) is 26.5. The lowest BCUT2D eigenvalue weighted by atomic mass is 9.85. The van der Waals surface area contributed by atoms with Crippen molar-refractivity contribution in [1.82, 2.24) is 38.6 Å². The summed E-state index contributed by atoms with van der Waals surface area (Å²) in [7, 11) is 0. The van der Waals surface area contributed by atoms with E-state index in [1.165, 1.54) is 22.3 Å². The average molecular weight is 829 g/mol. The number of para-hydroxylation sites is 2. The molecule has 5 aromatic carbocycles. The molecule has 10 rings (SSSR count). The van der Waals surface area contributed by atoms with Crippen LogP contribution in [0.2, 0.25) is 0 Å². The van der Waals surface area contributed by atoms with Crippen molar-refractivity contribution in [3.8, 4) is 29.4 Å². The zero-order valence-corrected chi connectivity index (χ0v) is 38.6. The number of fused-ring (bicyclic) bond motifs is 7. The minimum absolute atomic E-state index is 0.0433. The van der Waals surface area contributed by atoms with E-state index < -0.39 is 0 Å². The molecule has 0 spiro atoms. The number of nitrogens with zero attached hydrogens (tertiary/aromatic N) is 8. The van der Waals surface area contributed by atoms with Crippen LogP contribution in [0.4, 0.5) is 0 Å². The molecule has 10 aromatic rings. The maximum Gasteiger partial charge on any atom is 0.242 e. The molecule has 0 bridgehead atoms. The Morgan fingerprint density at radius 2 is 0.714 bits per heavy atom. The summed E-state index contributed by atoms with van der Waals surface area (Å²) < 4.78 is 6.49. The predicted octanol–water partition coefficient (Wildman–Crippen LogP) is 13.7. The molecule has 0 saturated heterocycles. The van der Waals surface area contributed by atoms with E-state index in [0.717, 1.165) is 60.3 Å². The van der Waals surface area contributed by atoms with Gasteiger partial charge in [0.1, 0.15) is 5.69 Å². The van der Waals surface area contributed by atoms with E-state index in [9.17, 15) is 0 Å². The molecule has 316 valence electrons. The van der Waals surface area contributed by atoms with Gasteiger partial charge in [-0.3, -0.25) is 18.7 Å². The summed E-state index contributed by atoms with van der Waals surface area (Å²) >= 11 is 0. The SMILES string of the molecule is CC(C)(C)c1ccc2c(c1)c1cc(C(C)(C)C)ccc1n2-c1nc(-n2c(-c3ccccn3)nc3ccccc32)nc(-n2c3ccc(C(C)(C)C)cc3c3cc(C(C)(C)C)ccc32)n1. The van der Waals surface area contributed by atoms with Gasteiger partial charge in [-0.2, -0.15) is 15.0 Å². The van der Waals surface area contributed by atoms with Crippen molar-refractivity contribution in [2.75, 3.05) is 0 Å². The minimum Gasteiger partial charge on any atom is -0.278 e. The Balaban J connectivity index is 1.36. The molecule has 0 unspecified atom stereocenters. The monoisotopic (exact) mass is 828 g/mol. The van der Waals surface area contributed by atoms with E-state index in [0.29, 0.717) is 23.7 Å². The Morgan fingerprint density at radius 3 is 1.08 bits per heavy atom. The molecule has 5 aromatic heterocycles. The topological polar surface area (TPSA) is 79.2 Å². The molecule has 8 heteroatoms.